The van der Waals surface area contributed by atoms with Crippen molar-refractivity contribution in [1.82, 2.24) is 4.90 Å². The highest BCUT2D eigenvalue weighted by molar-refractivity contribution is 6.00. The molecule has 0 aliphatic carbocycles. The van der Waals surface area contributed by atoms with Crippen LogP contribution in [-0.2, 0) is 9.59 Å². The Morgan fingerprint density at radius 1 is 1.44 bits per heavy atom. The summed E-state index contributed by atoms with van der Waals surface area (Å²) in [4.78, 5) is 28.4. The lowest BCUT2D eigenvalue weighted by atomic mass is 10.0. The summed E-state index contributed by atoms with van der Waals surface area (Å²) in [6, 6.07) is 4.80. The SMILES string of the molecule is Cc1ccc(N2CC(C(=O)N3CCCC3CC(C)O)CC2=O)c(F)c1. The molecule has 2 aliphatic rings. The van der Waals surface area contributed by atoms with Crippen LogP contribution in [0.2, 0.25) is 0 Å². The second-order valence-corrected chi connectivity index (χ2v) is 7.27. The first-order valence-electron chi connectivity index (χ1n) is 8.92. The summed E-state index contributed by atoms with van der Waals surface area (Å²) in [5.74, 6) is -1.14. The van der Waals surface area contributed by atoms with Gasteiger partial charge in [0, 0.05) is 25.6 Å². The van der Waals surface area contributed by atoms with Crippen LogP contribution in [0.5, 0.6) is 0 Å². The predicted octanol–water partition coefficient (Wildman–Crippen LogP) is 2.25. The third-order valence-electron chi connectivity index (χ3n) is 5.14. The number of halogens is 1. The minimum absolute atomic E-state index is 0.0350. The van der Waals surface area contributed by atoms with Crippen LogP contribution in [0.15, 0.2) is 18.2 Å². The van der Waals surface area contributed by atoms with Crippen LogP contribution in [0.3, 0.4) is 0 Å². The highest BCUT2D eigenvalue weighted by Crippen LogP contribution is 2.31. The third-order valence-corrected chi connectivity index (χ3v) is 5.14. The summed E-state index contributed by atoms with van der Waals surface area (Å²) in [7, 11) is 0. The van der Waals surface area contributed by atoms with Gasteiger partial charge in [0.15, 0.2) is 0 Å². The van der Waals surface area contributed by atoms with E-state index in [1.807, 2.05) is 0 Å². The van der Waals surface area contributed by atoms with Crippen molar-refractivity contribution >= 4 is 17.5 Å². The average Bonchev–Trinajstić information content (AvgIpc) is 3.13. The number of nitrogens with zero attached hydrogens (tertiary/aromatic N) is 2. The molecule has 0 radical (unpaired) electrons. The average molecular weight is 348 g/mol. The Bertz CT molecular complexity index is 677. The quantitative estimate of drug-likeness (QED) is 0.908. The number of amides is 2. The number of hydrogen-bond donors (Lipinski definition) is 1. The number of carbonyl (C=O) groups excluding carboxylic acids is 2. The number of aliphatic hydroxyl groups is 1. The molecule has 5 nitrogen and oxygen atoms in total. The maximum Gasteiger partial charge on any atom is 0.228 e. The van der Waals surface area contributed by atoms with Crippen molar-refractivity contribution in [2.75, 3.05) is 18.0 Å². The van der Waals surface area contributed by atoms with Crippen LogP contribution in [0.4, 0.5) is 10.1 Å². The molecular formula is C19H25FN2O3. The van der Waals surface area contributed by atoms with E-state index in [2.05, 4.69) is 0 Å². The van der Waals surface area contributed by atoms with Gasteiger partial charge >= 0.3 is 0 Å². The monoisotopic (exact) mass is 348 g/mol. The van der Waals surface area contributed by atoms with Gasteiger partial charge in [-0.3, -0.25) is 9.59 Å². The summed E-state index contributed by atoms with van der Waals surface area (Å²) < 4.78 is 14.2. The zero-order valence-corrected chi connectivity index (χ0v) is 14.7. The zero-order chi connectivity index (χ0) is 18.1. The van der Waals surface area contributed by atoms with E-state index in [1.165, 1.54) is 11.0 Å². The van der Waals surface area contributed by atoms with Gasteiger partial charge in [0.2, 0.25) is 11.8 Å². The summed E-state index contributed by atoms with van der Waals surface area (Å²) in [6.07, 6.45) is 2.02. The molecule has 0 spiro atoms. The smallest absolute Gasteiger partial charge is 0.228 e. The number of likely N-dealkylation sites (tertiary alicyclic amines) is 1. The van der Waals surface area contributed by atoms with Crippen LogP contribution in [0, 0.1) is 18.7 Å². The molecule has 136 valence electrons. The van der Waals surface area contributed by atoms with Gasteiger partial charge in [-0.1, -0.05) is 6.07 Å². The molecule has 2 heterocycles. The highest BCUT2D eigenvalue weighted by atomic mass is 19.1. The van der Waals surface area contributed by atoms with Crippen molar-refractivity contribution in [3.63, 3.8) is 0 Å². The predicted molar refractivity (Wildman–Crippen MR) is 92.6 cm³/mol. The number of benzene rings is 1. The molecule has 1 aromatic carbocycles. The lowest BCUT2D eigenvalue weighted by Gasteiger charge is -2.28. The highest BCUT2D eigenvalue weighted by Gasteiger charge is 2.40. The fraction of sp³-hybridized carbons (Fsp3) is 0.579. The Kier molecular flexibility index (Phi) is 5.08. The van der Waals surface area contributed by atoms with Crippen molar-refractivity contribution in [3.8, 4) is 0 Å². The minimum atomic E-state index is -0.457. The maximum absolute atomic E-state index is 14.2. The van der Waals surface area contributed by atoms with E-state index in [4.69, 9.17) is 0 Å². The number of rotatable bonds is 4. The molecule has 6 heteroatoms. The number of carbonyl (C=O) groups is 2. The zero-order valence-electron chi connectivity index (χ0n) is 14.7. The van der Waals surface area contributed by atoms with E-state index in [-0.39, 0.29) is 36.5 Å². The summed E-state index contributed by atoms with van der Waals surface area (Å²) in [5.41, 5.74) is 1.03. The van der Waals surface area contributed by atoms with Crippen LogP contribution in [-0.4, -0.2) is 47.1 Å². The van der Waals surface area contributed by atoms with Crippen LogP contribution in [0.25, 0.3) is 0 Å². The van der Waals surface area contributed by atoms with Crippen LogP contribution < -0.4 is 4.90 Å². The number of aliphatic hydroxyl groups excluding tert-OH is 1. The Hall–Kier alpha value is -1.95. The maximum atomic E-state index is 14.2. The van der Waals surface area contributed by atoms with E-state index in [1.54, 1.807) is 30.9 Å². The summed E-state index contributed by atoms with van der Waals surface area (Å²) in [5, 5.41) is 9.62. The molecule has 0 aromatic heterocycles. The normalized spacial score (nSPS) is 24.9. The van der Waals surface area contributed by atoms with E-state index in [0.29, 0.717) is 13.0 Å². The minimum Gasteiger partial charge on any atom is -0.393 e. The largest absolute Gasteiger partial charge is 0.393 e. The standard InChI is InChI=1S/C19H25FN2O3/c1-12-5-6-17(16(20)8-12)22-11-14(10-18(22)24)19(25)21-7-3-4-15(21)9-13(2)23/h5-6,8,13-15,23H,3-4,7,9-11H2,1-2H3. The molecule has 3 rings (SSSR count). The third kappa shape index (κ3) is 3.68. The van der Waals surface area contributed by atoms with Gasteiger partial charge in [-0.05, 0) is 50.8 Å². The number of hydrogen-bond acceptors (Lipinski definition) is 3. The molecule has 1 aromatic rings. The Morgan fingerprint density at radius 2 is 2.20 bits per heavy atom. The number of aryl methyl sites for hydroxylation is 1. The van der Waals surface area contributed by atoms with Gasteiger partial charge < -0.3 is 14.9 Å². The van der Waals surface area contributed by atoms with Crippen molar-refractivity contribution in [2.24, 2.45) is 5.92 Å². The van der Waals surface area contributed by atoms with Crippen LogP contribution in [0.1, 0.15) is 38.2 Å². The topological polar surface area (TPSA) is 60.9 Å². The van der Waals surface area contributed by atoms with Gasteiger partial charge in [-0.2, -0.15) is 0 Å². The van der Waals surface area contributed by atoms with Gasteiger partial charge in [-0.25, -0.2) is 4.39 Å². The molecule has 2 amide bonds. The van der Waals surface area contributed by atoms with Crippen LogP contribution >= 0.6 is 0 Å². The van der Waals surface area contributed by atoms with Crippen molar-refractivity contribution < 1.29 is 19.1 Å². The van der Waals surface area contributed by atoms with E-state index in [0.717, 1.165) is 18.4 Å². The molecule has 2 saturated heterocycles. The fourth-order valence-corrected chi connectivity index (χ4v) is 3.94. The van der Waals surface area contributed by atoms with Gasteiger partial charge in [0.25, 0.3) is 0 Å². The Labute approximate surface area is 147 Å². The fourth-order valence-electron chi connectivity index (χ4n) is 3.94. The lowest BCUT2D eigenvalue weighted by Crippen LogP contribution is -2.41. The van der Waals surface area contributed by atoms with Crippen molar-refractivity contribution in [3.05, 3.63) is 29.6 Å². The van der Waals surface area contributed by atoms with Crippen molar-refractivity contribution in [2.45, 2.75) is 51.7 Å². The lowest BCUT2D eigenvalue weighted by molar-refractivity contribution is -0.137. The molecule has 2 fully saturated rings. The molecular weight excluding hydrogens is 323 g/mol. The van der Waals surface area contributed by atoms with Gasteiger partial charge in [-0.15, -0.1) is 0 Å². The first-order valence-corrected chi connectivity index (χ1v) is 8.92. The second kappa shape index (κ2) is 7.12. The van der Waals surface area contributed by atoms with E-state index < -0.39 is 17.8 Å². The van der Waals surface area contributed by atoms with Crippen molar-refractivity contribution in [1.29, 1.82) is 0 Å². The molecule has 2 aliphatic heterocycles. The molecule has 1 N–H and O–H groups in total. The molecule has 0 saturated carbocycles. The second-order valence-electron chi connectivity index (χ2n) is 7.27. The van der Waals surface area contributed by atoms with E-state index >= 15 is 0 Å². The first-order chi connectivity index (χ1) is 11.9. The van der Waals surface area contributed by atoms with Gasteiger partial charge in [0.05, 0.1) is 17.7 Å². The molecule has 25 heavy (non-hydrogen) atoms. The number of anilines is 1. The Morgan fingerprint density at radius 3 is 2.88 bits per heavy atom. The summed E-state index contributed by atoms with van der Waals surface area (Å²) in [6.45, 7) is 4.40. The molecule has 0 bridgehead atoms. The Balaban J connectivity index is 1.72. The first kappa shape index (κ1) is 17.9. The molecule has 3 atom stereocenters. The summed E-state index contributed by atoms with van der Waals surface area (Å²) >= 11 is 0. The van der Waals surface area contributed by atoms with E-state index in [9.17, 15) is 19.1 Å². The molecule has 3 unspecified atom stereocenters. The van der Waals surface area contributed by atoms with Gasteiger partial charge in [0.1, 0.15) is 5.82 Å².